The van der Waals surface area contributed by atoms with E-state index in [1.807, 2.05) is 6.92 Å². The minimum atomic E-state index is -0.920. The molecule has 0 rings (SSSR count). The third-order valence-corrected chi connectivity index (χ3v) is 1.71. The van der Waals surface area contributed by atoms with E-state index in [1.54, 1.807) is 0 Å². The number of aliphatic carboxylic acids is 1. The lowest BCUT2D eigenvalue weighted by Gasteiger charge is -2.06. The van der Waals surface area contributed by atoms with Crippen molar-refractivity contribution in [1.29, 1.82) is 0 Å². The standard InChI is InChI=1S/C7H15NO2S/c1-5(11)3-2-4-6(8)7(9)10/h5-6,11H,2-4,8H2,1H3,(H,9,10). The highest BCUT2D eigenvalue weighted by atomic mass is 32.1. The van der Waals surface area contributed by atoms with E-state index >= 15 is 0 Å². The summed E-state index contributed by atoms with van der Waals surface area (Å²) < 4.78 is 0. The van der Waals surface area contributed by atoms with E-state index in [2.05, 4.69) is 12.6 Å². The van der Waals surface area contributed by atoms with Gasteiger partial charge in [0.15, 0.2) is 0 Å². The summed E-state index contributed by atoms with van der Waals surface area (Å²) in [5, 5.41) is 8.73. The molecule has 0 aromatic carbocycles. The van der Waals surface area contributed by atoms with Crippen LogP contribution in [0.2, 0.25) is 0 Å². The van der Waals surface area contributed by atoms with Crippen molar-refractivity contribution in [3.8, 4) is 0 Å². The highest BCUT2D eigenvalue weighted by Gasteiger charge is 2.10. The Morgan fingerprint density at radius 3 is 2.55 bits per heavy atom. The smallest absolute Gasteiger partial charge is 0.320 e. The Kier molecular flexibility index (Phi) is 5.32. The number of carbonyl (C=O) groups is 1. The molecule has 0 bridgehead atoms. The molecule has 3 nitrogen and oxygen atoms in total. The van der Waals surface area contributed by atoms with Crippen molar-refractivity contribution in [2.75, 3.05) is 0 Å². The minimum absolute atomic E-state index is 0.330. The fraction of sp³-hybridized carbons (Fsp3) is 0.857. The molecule has 0 heterocycles. The van der Waals surface area contributed by atoms with E-state index in [9.17, 15) is 4.79 Å². The maximum absolute atomic E-state index is 10.2. The predicted molar refractivity (Wildman–Crippen MR) is 47.9 cm³/mol. The molecule has 0 amide bonds. The molecule has 3 N–H and O–H groups in total. The van der Waals surface area contributed by atoms with Crippen molar-refractivity contribution in [2.45, 2.75) is 37.5 Å². The maximum atomic E-state index is 10.2. The van der Waals surface area contributed by atoms with Crippen LogP contribution in [0.1, 0.15) is 26.2 Å². The highest BCUT2D eigenvalue weighted by Crippen LogP contribution is 2.06. The van der Waals surface area contributed by atoms with E-state index in [4.69, 9.17) is 10.8 Å². The number of hydrogen-bond donors (Lipinski definition) is 3. The first kappa shape index (κ1) is 10.8. The number of carboxylic acids is 1. The molecule has 0 aliphatic carbocycles. The summed E-state index contributed by atoms with van der Waals surface area (Å²) in [6.45, 7) is 1.98. The zero-order chi connectivity index (χ0) is 8.85. The largest absolute Gasteiger partial charge is 0.480 e. The molecule has 2 atom stereocenters. The van der Waals surface area contributed by atoms with Crippen LogP contribution in [0.4, 0.5) is 0 Å². The van der Waals surface area contributed by atoms with Crippen molar-refractivity contribution >= 4 is 18.6 Å². The topological polar surface area (TPSA) is 63.3 Å². The molecule has 0 aliphatic rings. The molecule has 0 aliphatic heterocycles. The van der Waals surface area contributed by atoms with Crippen molar-refractivity contribution < 1.29 is 9.90 Å². The lowest BCUT2D eigenvalue weighted by Crippen LogP contribution is -2.29. The van der Waals surface area contributed by atoms with Crippen LogP contribution in [-0.4, -0.2) is 22.4 Å². The van der Waals surface area contributed by atoms with Crippen LogP contribution in [0.5, 0.6) is 0 Å². The Morgan fingerprint density at radius 1 is 1.64 bits per heavy atom. The second-order valence-electron chi connectivity index (χ2n) is 2.72. The van der Waals surface area contributed by atoms with Gasteiger partial charge in [0.05, 0.1) is 0 Å². The van der Waals surface area contributed by atoms with Crippen LogP contribution in [0, 0.1) is 0 Å². The molecule has 0 aromatic rings. The SMILES string of the molecule is CC(S)CCCC(N)C(=O)O. The second kappa shape index (κ2) is 5.43. The van der Waals surface area contributed by atoms with Gasteiger partial charge in [-0.15, -0.1) is 0 Å². The molecule has 0 radical (unpaired) electrons. The molecule has 0 saturated carbocycles. The molecule has 4 heteroatoms. The first-order chi connectivity index (χ1) is 5.04. The third kappa shape index (κ3) is 6.19. The minimum Gasteiger partial charge on any atom is -0.480 e. The van der Waals surface area contributed by atoms with Crippen LogP contribution < -0.4 is 5.73 Å². The van der Waals surface area contributed by atoms with E-state index in [0.29, 0.717) is 11.7 Å². The van der Waals surface area contributed by atoms with Gasteiger partial charge in [-0.1, -0.05) is 13.3 Å². The van der Waals surface area contributed by atoms with Gasteiger partial charge < -0.3 is 10.8 Å². The maximum Gasteiger partial charge on any atom is 0.320 e. The number of thiol groups is 1. The zero-order valence-electron chi connectivity index (χ0n) is 6.66. The van der Waals surface area contributed by atoms with Gasteiger partial charge in [-0.3, -0.25) is 4.79 Å². The Balaban J connectivity index is 3.31. The summed E-state index contributed by atoms with van der Waals surface area (Å²) in [7, 11) is 0. The van der Waals surface area contributed by atoms with Gasteiger partial charge in [-0.05, 0) is 18.1 Å². The van der Waals surface area contributed by atoms with Gasteiger partial charge >= 0.3 is 5.97 Å². The van der Waals surface area contributed by atoms with Crippen molar-refractivity contribution in [3.05, 3.63) is 0 Å². The first-order valence-corrected chi connectivity index (χ1v) is 4.22. The van der Waals surface area contributed by atoms with E-state index in [1.165, 1.54) is 0 Å². The Bertz CT molecular complexity index is 128. The fourth-order valence-electron chi connectivity index (χ4n) is 0.757. The second-order valence-corrected chi connectivity index (χ2v) is 3.61. The van der Waals surface area contributed by atoms with Crippen LogP contribution in [0.25, 0.3) is 0 Å². The van der Waals surface area contributed by atoms with Gasteiger partial charge in [0.1, 0.15) is 6.04 Å². The Morgan fingerprint density at radius 2 is 2.18 bits per heavy atom. The summed E-state index contributed by atoms with van der Waals surface area (Å²) in [5.74, 6) is -0.920. The van der Waals surface area contributed by atoms with Gasteiger partial charge in [-0.25, -0.2) is 0 Å². The molecule has 0 spiro atoms. The van der Waals surface area contributed by atoms with Crippen LogP contribution in [0.3, 0.4) is 0 Å². The summed E-state index contributed by atoms with van der Waals surface area (Å²) in [5.41, 5.74) is 5.28. The zero-order valence-corrected chi connectivity index (χ0v) is 7.55. The number of hydrogen-bond acceptors (Lipinski definition) is 3. The quantitative estimate of drug-likeness (QED) is 0.546. The summed E-state index contributed by atoms with van der Waals surface area (Å²) in [6.07, 6.45) is 2.29. The summed E-state index contributed by atoms with van der Waals surface area (Å²) in [4.78, 5) is 10.2. The van der Waals surface area contributed by atoms with Crippen molar-refractivity contribution in [3.63, 3.8) is 0 Å². The average Bonchev–Trinajstić information content (AvgIpc) is 1.86. The average molecular weight is 177 g/mol. The Hall–Kier alpha value is -0.220. The van der Waals surface area contributed by atoms with Crippen molar-refractivity contribution in [1.82, 2.24) is 0 Å². The van der Waals surface area contributed by atoms with Crippen LogP contribution in [-0.2, 0) is 4.79 Å². The third-order valence-electron chi connectivity index (χ3n) is 1.45. The molecule has 66 valence electrons. The normalized spacial score (nSPS) is 15.9. The number of carboxylic acid groups (broad SMARTS) is 1. The van der Waals surface area contributed by atoms with E-state index in [-0.39, 0.29) is 0 Å². The first-order valence-electron chi connectivity index (χ1n) is 3.70. The fourth-order valence-corrected chi connectivity index (χ4v) is 0.939. The lowest BCUT2D eigenvalue weighted by atomic mass is 10.1. The monoisotopic (exact) mass is 177 g/mol. The molecule has 2 unspecified atom stereocenters. The number of rotatable bonds is 5. The predicted octanol–water partition coefficient (Wildman–Crippen LogP) is 0.887. The Labute approximate surface area is 72.4 Å². The van der Waals surface area contributed by atoms with E-state index in [0.717, 1.165) is 12.8 Å². The molecule has 0 fully saturated rings. The van der Waals surface area contributed by atoms with Gasteiger partial charge in [-0.2, -0.15) is 12.6 Å². The van der Waals surface area contributed by atoms with Crippen LogP contribution >= 0.6 is 12.6 Å². The molecular formula is C7H15NO2S. The molecular weight excluding hydrogens is 162 g/mol. The summed E-state index contributed by atoms with van der Waals surface area (Å²) in [6, 6.07) is -0.706. The van der Waals surface area contributed by atoms with Crippen molar-refractivity contribution in [2.24, 2.45) is 5.73 Å². The molecule has 0 saturated heterocycles. The lowest BCUT2D eigenvalue weighted by molar-refractivity contribution is -0.138. The van der Waals surface area contributed by atoms with Gasteiger partial charge in [0.25, 0.3) is 0 Å². The highest BCUT2D eigenvalue weighted by molar-refractivity contribution is 7.80. The molecule has 0 aromatic heterocycles. The van der Waals surface area contributed by atoms with Gasteiger partial charge in [0.2, 0.25) is 0 Å². The molecule has 11 heavy (non-hydrogen) atoms. The van der Waals surface area contributed by atoms with Gasteiger partial charge in [0, 0.05) is 0 Å². The number of nitrogens with two attached hydrogens (primary N) is 1. The van der Waals surface area contributed by atoms with Crippen LogP contribution in [0.15, 0.2) is 0 Å². The summed E-state index contributed by atoms with van der Waals surface area (Å²) >= 11 is 4.16. The van der Waals surface area contributed by atoms with E-state index < -0.39 is 12.0 Å².